The second-order valence-electron chi connectivity index (χ2n) is 3.76. The first-order valence-electron chi connectivity index (χ1n) is 5.30. The SMILES string of the molecule is Nc1noc(-c2ccsc2)c1-c1ccccc1F. The third-order valence-electron chi connectivity index (χ3n) is 2.65. The van der Waals surface area contributed by atoms with E-state index < -0.39 is 0 Å². The highest BCUT2D eigenvalue weighted by molar-refractivity contribution is 7.08. The lowest BCUT2D eigenvalue weighted by molar-refractivity contribution is 0.436. The monoisotopic (exact) mass is 260 g/mol. The van der Waals surface area contributed by atoms with Crippen LogP contribution in [0.1, 0.15) is 0 Å². The second-order valence-corrected chi connectivity index (χ2v) is 4.54. The van der Waals surface area contributed by atoms with Crippen molar-refractivity contribution >= 4 is 17.2 Å². The molecule has 1 aromatic carbocycles. The van der Waals surface area contributed by atoms with E-state index in [-0.39, 0.29) is 11.6 Å². The Balaban J connectivity index is 2.24. The van der Waals surface area contributed by atoms with E-state index in [2.05, 4.69) is 5.16 Å². The molecule has 0 unspecified atom stereocenters. The lowest BCUT2D eigenvalue weighted by atomic mass is 10.0. The number of hydrogen-bond donors (Lipinski definition) is 1. The minimum Gasteiger partial charge on any atom is -0.380 e. The number of nitrogens with two attached hydrogens (primary N) is 1. The maximum absolute atomic E-state index is 13.8. The smallest absolute Gasteiger partial charge is 0.177 e. The molecule has 0 amide bonds. The van der Waals surface area contributed by atoms with Crippen molar-refractivity contribution in [3.63, 3.8) is 0 Å². The molecule has 0 saturated carbocycles. The molecule has 0 fully saturated rings. The van der Waals surface area contributed by atoms with Crippen LogP contribution in [0.15, 0.2) is 45.6 Å². The number of thiophene rings is 1. The van der Waals surface area contributed by atoms with Gasteiger partial charge in [0.25, 0.3) is 0 Å². The van der Waals surface area contributed by atoms with Gasteiger partial charge in [-0.05, 0) is 17.5 Å². The molecule has 0 aliphatic carbocycles. The fraction of sp³-hybridized carbons (Fsp3) is 0. The van der Waals surface area contributed by atoms with Crippen molar-refractivity contribution in [2.24, 2.45) is 0 Å². The standard InChI is InChI=1S/C13H9FN2OS/c14-10-4-2-1-3-9(10)11-12(17-16-13(11)15)8-5-6-18-7-8/h1-7H,(H2,15,16). The van der Waals surface area contributed by atoms with Gasteiger partial charge in [-0.1, -0.05) is 23.4 Å². The molecule has 2 heterocycles. The fourth-order valence-electron chi connectivity index (χ4n) is 1.82. The van der Waals surface area contributed by atoms with Crippen LogP contribution in [0.4, 0.5) is 10.2 Å². The molecule has 3 rings (SSSR count). The third-order valence-corrected chi connectivity index (χ3v) is 3.33. The molecule has 0 atom stereocenters. The van der Waals surface area contributed by atoms with Gasteiger partial charge in [0.15, 0.2) is 11.6 Å². The average molecular weight is 260 g/mol. The molecule has 3 nitrogen and oxygen atoms in total. The number of aromatic nitrogens is 1. The summed E-state index contributed by atoms with van der Waals surface area (Å²) in [5.41, 5.74) is 7.54. The highest BCUT2D eigenvalue weighted by atomic mass is 32.1. The number of benzene rings is 1. The molecule has 3 aromatic rings. The fourth-order valence-corrected chi connectivity index (χ4v) is 2.45. The Morgan fingerprint density at radius 3 is 2.78 bits per heavy atom. The third kappa shape index (κ3) is 1.69. The van der Waals surface area contributed by atoms with Gasteiger partial charge >= 0.3 is 0 Å². The Labute approximate surface area is 107 Å². The van der Waals surface area contributed by atoms with Gasteiger partial charge in [-0.3, -0.25) is 0 Å². The molecule has 0 radical (unpaired) electrons. The summed E-state index contributed by atoms with van der Waals surface area (Å²) < 4.78 is 19.0. The zero-order chi connectivity index (χ0) is 12.5. The Bertz CT molecular complexity index is 676. The first-order chi connectivity index (χ1) is 8.77. The number of hydrogen-bond acceptors (Lipinski definition) is 4. The summed E-state index contributed by atoms with van der Waals surface area (Å²) in [5, 5.41) is 7.55. The minimum absolute atomic E-state index is 0.196. The molecule has 2 N–H and O–H groups in total. The van der Waals surface area contributed by atoms with Crippen LogP contribution in [-0.2, 0) is 0 Å². The molecule has 0 spiro atoms. The Kier molecular flexibility index (Phi) is 2.60. The summed E-state index contributed by atoms with van der Waals surface area (Å²) in [7, 11) is 0. The van der Waals surface area contributed by atoms with Crippen LogP contribution < -0.4 is 5.73 Å². The van der Waals surface area contributed by atoms with Crippen molar-refractivity contribution in [3.05, 3.63) is 46.9 Å². The van der Waals surface area contributed by atoms with E-state index in [1.807, 2.05) is 16.8 Å². The van der Waals surface area contributed by atoms with Crippen molar-refractivity contribution in [3.8, 4) is 22.5 Å². The van der Waals surface area contributed by atoms with Crippen LogP contribution in [0.25, 0.3) is 22.5 Å². The molecule has 0 aliphatic heterocycles. The van der Waals surface area contributed by atoms with Crippen LogP contribution in [0, 0.1) is 5.82 Å². The van der Waals surface area contributed by atoms with Crippen LogP contribution >= 0.6 is 11.3 Å². The second kappa shape index (κ2) is 4.27. The highest BCUT2D eigenvalue weighted by Gasteiger charge is 2.20. The largest absolute Gasteiger partial charge is 0.380 e. The summed E-state index contributed by atoms with van der Waals surface area (Å²) in [5.74, 6) is 0.351. The number of anilines is 1. The normalized spacial score (nSPS) is 10.7. The maximum atomic E-state index is 13.8. The molecule has 0 saturated heterocycles. The first-order valence-corrected chi connectivity index (χ1v) is 6.24. The zero-order valence-corrected chi connectivity index (χ0v) is 10.1. The predicted molar refractivity (Wildman–Crippen MR) is 69.6 cm³/mol. The van der Waals surface area contributed by atoms with E-state index >= 15 is 0 Å². The molecule has 90 valence electrons. The predicted octanol–water partition coefficient (Wildman–Crippen LogP) is 3.79. The van der Waals surface area contributed by atoms with Gasteiger partial charge in [0.05, 0.1) is 5.56 Å². The van der Waals surface area contributed by atoms with Crippen LogP contribution in [0.5, 0.6) is 0 Å². The number of halogens is 1. The van der Waals surface area contributed by atoms with Gasteiger partial charge in [0.1, 0.15) is 5.82 Å². The van der Waals surface area contributed by atoms with Crippen molar-refractivity contribution < 1.29 is 8.91 Å². The van der Waals surface area contributed by atoms with Crippen LogP contribution in [-0.4, -0.2) is 5.16 Å². The quantitative estimate of drug-likeness (QED) is 0.762. The Morgan fingerprint density at radius 2 is 2.06 bits per heavy atom. The molecular formula is C13H9FN2OS. The minimum atomic E-state index is -0.344. The first kappa shape index (κ1) is 11.0. The highest BCUT2D eigenvalue weighted by Crippen LogP contribution is 2.38. The van der Waals surface area contributed by atoms with Crippen molar-refractivity contribution in [1.29, 1.82) is 0 Å². The Morgan fingerprint density at radius 1 is 1.22 bits per heavy atom. The number of nitrogens with zero attached hydrogens (tertiary/aromatic N) is 1. The van der Waals surface area contributed by atoms with Crippen molar-refractivity contribution in [1.82, 2.24) is 5.16 Å². The number of nitrogen functional groups attached to an aromatic ring is 1. The Hall–Kier alpha value is -2.14. The summed E-state index contributed by atoms with van der Waals surface area (Å²) >= 11 is 1.53. The molecule has 5 heteroatoms. The van der Waals surface area contributed by atoms with Gasteiger partial charge in [0, 0.05) is 16.5 Å². The molecule has 2 aromatic heterocycles. The summed E-state index contributed by atoms with van der Waals surface area (Å²) in [6.45, 7) is 0. The average Bonchev–Trinajstić information content (AvgIpc) is 2.99. The van der Waals surface area contributed by atoms with Crippen LogP contribution in [0.2, 0.25) is 0 Å². The zero-order valence-electron chi connectivity index (χ0n) is 9.26. The lowest BCUT2D eigenvalue weighted by Crippen LogP contribution is -1.91. The molecular weight excluding hydrogens is 251 g/mol. The summed E-state index contributed by atoms with van der Waals surface area (Å²) in [6, 6.07) is 8.32. The van der Waals surface area contributed by atoms with E-state index in [1.165, 1.54) is 17.4 Å². The number of rotatable bonds is 2. The maximum Gasteiger partial charge on any atom is 0.177 e. The van der Waals surface area contributed by atoms with Crippen molar-refractivity contribution in [2.75, 3.05) is 5.73 Å². The van der Waals surface area contributed by atoms with E-state index in [9.17, 15) is 4.39 Å². The molecule has 0 aliphatic rings. The lowest BCUT2D eigenvalue weighted by Gasteiger charge is -2.02. The van der Waals surface area contributed by atoms with E-state index in [0.29, 0.717) is 16.9 Å². The topological polar surface area (TPSA) is 52.0 Å². The van der Waals surface area contributed by atoms with Gasteiger partial charge in [-0.2, -0.15) is 11.3 Å². The van der Waals surface area contributed by atoms with E-state index in [1.54, 1.807) is 18.2 Å². The molecule has 18 heavy (non-hydrogen) atoms. The van der Waals surface area contributed by atoms with Gasteiger partial charge in [-0.15, -0.1) is 0 Å². The molecule has 0 bridgehead atoms. The van der Waals surface area contributed by atoms with Crippen LogP contribution in [0.3, 0.4) is 0 Å². The van der Waals surface area contributed by atoms with Gasteiger partial charge in [0.2, 0.25) is 0 Å². The van der Waals surface area contributed by atoms with E-state index in [4.69, 9.17) is 10.3 Å². The van der Waals surface area contributed by atoms with Gasteiger partial charge < -0.3 is 10.3 Å². The van der Waals surface area contributed by atoms with Crippen molar-refractivity contribution in [2.45, 2.75) is 0 Å². The summed E-state index contributed by atoms with van der Waals surface area (Å²) in [6.07, 6.45) is 0. The van der Waals surface area contributed by atoms with E-state index in [0.717, 1.165) is 5.56 Å². The summed E-state index contributed by atoms with van der Waals surface area (Å²) in [4.78, 5) is 0. The van der Waals surface area contributed by atoms with Gasteiger partial charge in [-0.25, -0.2) is 4.39 Å².